The number of H-pyrrole nitrogens is 1. The van der Waals surface area contributed by atoms with E-state index < -0.39 is 0 Å². The topological polar surface area (TPSA) is 46.5 Å². The van der Waals surface area contributed by atoms with Crippen LogP contribution in [0.4, 0.5) is 0 Å². The highest BCUT2D eigenvalue weighted by Gasteiger charge is 2.18. The Morgan fingerprint density at radius 2 is 1.54 bits per heavy atom. The Balaban J connectivity index is 1.92. The maximum atomic E-state index is 4.82. The van der Waals surface area contributed by atoms with Crippen LogP contribution >= 0.6 is 0 Å². The summed E-state index contributed by atoms with van der Waals surface area (Å²) in [5, 5.41) is 12.3. The van der Waals surface area contributed by atoms with Gasteiger partial charge < -0.3 is 0 Å². The first-order chi connectivity index (χ1) is 12.9. The van der Waals surface area contributed by atoms with Gasteiger partial charge in [0.1, 0.15) is 0 Å². The van der Waals surface area contributed by atoms with Gasteiger partial charge in [-0.15, -0.1) is 0 Å². The van der Waals surface area contributed by atoms with E-state index >= 15 is 0 Å². The Labute approximate surface area is 148 Å². The van der Waals surface area contributed by atoms with E-state index in [2.05, 4.69) is 75.4 Å². The third-order valence-corrected chi connectivity index (χ3v) is 5.05. The second-order valence-electron chi connectivity index (χ2n) is 6.47. The summed E-state index contributed by atoms with van der Waals surface area (Å²) in [4.78, 5) is 4.82. The predicted octanol–water partition coefficient (Wildman–Crippen LogP) is 5.21. The van der Waals surface area contributed by atoms with Crippen molar-refractivity contribution in [3.05, 3.63) is 79.0 Å². The van der Waals surface area contributed by atoms with Crippen LogP contribution in [0, 0.1) is 0 Å². The molecule has 0 aliphatic heterocycles. The van der Waals surface area contributed by atoms with Crippen molar-refractivity contribution in [2.75, 3.05) is 0 Å². The molecule has 3 aromatic carbocycles. The Kier molecular flexibility index (Phi) is 2.58. The summed E-state index contributed by atoms with van der Waals surface area (Å²) in [6, 6.07) is 25.1. The lowest BCUT2D eigenvalue weighted by atomic mass is 10.1. The van der Waals surface area contributed by atoms with Crippen LogP contribution < -0.4 is 0 Å². The van der Waals surface area contributed by atoms with E-state index in [1.807, 2.05) is 18.3 Å². The normalized spacial score (nSPS) is 11.8. The first-order valence-electron chi connectivity index (χ1n) is 8.62. The fourth-order valence-electron chi connectivity index (χ4n) is 3.99. The maximum absolute atomic E-state index is 4.82. The molecule has 0 unspecified atom stereocenters. The molecule has 4 nitrogen and oxygen atoms in total. The van der Waals surface area contributed by atoms with Gasteiger partial charge in [0.25, 0.3) is 0 Å². The SMILES string of the molecule is c1ccc(-n2c3ccc4nc5ccccc5c4c3c3cc[nH]nc32)cc1. The molecule has 0 radical (unpaired) electrons. The maximum Gasteiger partial charge on any atom is 0.165 e. The van der Waals surface area contributed by atoms with Crippen molar-refractivity contribution in [3.8, 4) is 5.69 Å². The van der Waals surface area contributed by atoms with Gasteiger partial charge in [0.2, 0.25) is 0 Å². The minimum Gasteiger partial charge on any atom is -0.292 e. The molecule has 0 aliphatic carbocycles. The molecule has 6 aromatic rings. The van der Waals surface area contributed by atoms with Crippen LogP contribution in [0.2, 0.25) is 0 Å². The van der Waals surface area contributed by atoms with Gasteiger partial charge in [0, 0.05) is 33.4 Å². The number of rotatable bonds is 1. The summed E-state index contributed by atoms with van der Waals surface area (Å²) in [5.41, 5.74) is 5.22. The molecule has 6 rings (SSSR count). The molecular weight excluding hydrogens is 320 g/mol. The molecule has 4 heteroatoms. The summed E-state index contributed by atoms with van der Waals surface area (Å²) in [7, 11) is 0. The average Bonchev–Trinajstić information content (AvgIpc) is 3.24. The Morgan fingerprint density at radius 3 is 2.46 bits per heavy atom. The summed E-state index contributed by atoms with van der Waals surface area (Å²) < 4.78 is 2.21. The lowest BCUT2D eigenvalue weighted by Gasteiger charge is -2.06. The van der Waals surface area contributed by atoms with Gasteiger partial charge >= 0.3 is 0 Å². The predicted molar refractivity (Wildman–Crippen MR) is 106 cm³/mol. The van der Waals surface area contributed by atoms with E-state index in [1.54, 1.807) is 0 Å². The molecule has 0 aliphatic rings. The zero-order valence-electron chi connectivity index (χ0n) is 13.8. The smallest absolute Gasteiger partial charge is 0.165 e. The molecule has 0 saturated heterocycles. The fourth-order valence-corrected chi connectivity index (χ4v) is 3.99. The van der Waals surface area contributed by atoms with Gasteiger partial charge in [-0.2, -0.15) is 5.10 Å². The lowest BCUT2D eigenvalue weighted by molar-refractivity contribution is 1.02. The third-order valence-electron chi connectivity index (χ3n) is 5.05. The van der Waals surface area contributed by atoms with E-state index in [-0.39, 0.29) is 0 Å². The Bertz CT molecular complexity index is 1420. The Hall–Kier alpha value is -3.66. The van der Waals surface area contributed by atoms with Gasteiger partial charge in [-0.05, 0) is 36.4 Å². The van der Waals surface area contributed by atoms with Crippen LogP contribution in [0.25, 0.3) is 49.4 Å². The van der Waals surface area contributed by atoms with Gasteiger partial charge in [-0.25, -0.2) is 4.98 Å². The van der Waals surface area contributed by atoms with E-state index in [9.17, 15) is 0 Å². The number of benzene rings is 3. The number of nitrogens with one attached hydrogen (secondary N) is 1. The second-order valence-corrected chi connectivity index (χ2v) is 6.47. The molecule has 1 N–H and O–H groups in total. The molecule has 26 heavy (non-hydrogen) atoms. The highest BCUT2D eigenvalue weighted by Crippen LogP contribution is 2.38. The van der Waals surface area contributed by atoms with Crippen molar-refractivity contribution in [2.45, 2.75) is 0 Å². The van der Waals surface area contributed by atoms with Gasteiger partial charge in [-0.1, -0.05) is 36.4 Å². The summed E-state index contributed by atoms with van der Waals surface area (Å²) in [6.07, 6.45) is 1.88. The molecule has 0 spiro atoms. The molecule has 3 heterocycles. The van der Waals surface area contributed by atoms with Gasteiger partial charge in [0.05, 0.1) is 16.6 Å². The standard InChI is InChI=1S/C22H14N4/c1-2-6-14(7-3-1)26-19-11-10-18-20(15-8-4-5-9-17(15)24-18)21(19)16-12-13-23-25-22(16)26/h1-13,23H. The monoisotopic (exact) mass is 334 g/mol. The first-order valence-corrected chi connectivity index (χ1v) is 8.62. The highest BCUT2D eigenvalue weighted by molar-refractivity contribution is 6.27. The van der Waals surface area contributed by atoms with Crippen molar-refractivity contribution in [3.63, 3.8) is 0 Å². The second kappa shape index (κ2) is 4.92. The van der Waals surface area contributed by atoms with Crippen molar-refractivity contribution in [1.82, 2.24) is 19.7 Å². The lowest BCUT2D eigenvalue weighted by Crippen LogP contribution is -1.95. The number of para-hydroxylation sites is 2. The van der Waals surface area contributed by atoms with E-state index in [1.165, 1.54) is 16.2 Å². The van der Waals surface area contributed by atoms with E-state index in [0.29, 0.717) is 0 Å². The largest absolute Gasteiger partial charge is 0.292 e. The third kappa shape index (κ3) is 1.68. The van der Waals surface area contributed by atoms with Crippen molar-refractivity contribution in [2.24, 2.45) is 0 Å². The summed E-state index contributed by atoms with van der Waals surface area (Å²) in [6.45, 7) is 0. The first kappa shape index (κ1) is 13.6. The van der Waals surface area contributed by atoms with Gasteiger partial charge in [0.15, 0.2) is 5.65 Å². The average molecular weight is 334 g/mol. The van der Waals surface area contributed by atoms with Crippen molar-refractivity contribution < 1.29 is 0 Å². The van der Waals surface area contributed by atoms with Crippen LogP contribution in [0.15, 0.2) is 79.0 Å². The van der Waals surface area contributed by atoms with Crippen LogP contribution in [-0.2, 0) is 0 Å². The molecule has 0 fully saturated rings. The quantitative estimate of drug-likeness (QED) is 0.449. The zero-order chi connectivity index (χ0) is 17.1. The molecule has 0 atom stereocenters. The van der Waals surface area contributed by atoms with E-state index in [4.69, 9.17) is 4.98 Å². The molecule has 0 amide bonds. The number of hydrogen-bond acceptors (Lipinski definition) is 2. The fraction of sp³-hybridized carbons (Fsp3) is 0. The minimum atomic E-state index is 0.923. The van der Waals surface area contributed by atoms with Crippen molar-refractivity contribution in [1.29, 1.82) is 0 Å². The molecular formula is C22H14N4. The summed E-state index contributed by atoms with van der Waals surface area (Å²) >= 11 is 0. The van der Waals surface area contributed by atoms with Gasteiger partial charge in [-0.3, -0.25) is 9.67 Å². The van der Waals surface area contributed by atoms with Crippen LogP contribution in [0.5, 0.6) is 0 Å². The highest BCUT2D eigenvalue weighted by atomic mass is 15.2. The van der Waals surface area contributed by atoms with Crippen molar-refractivity contribution >= 4 is 43.7 Å². The molecule has 0 saturated carbocycles. The minimum absolute atomic E-state index is 0.923. The zero-order valence-corrected chi connectivity index (χ0v) is 13.8. The number of hydrogen-bond donors (Lipinski definition) is 1. The van der Waals surface area contributed by atoms with Crippen LogP contribution in [0.1, 0.15) is 0 Å². The van der Waals surface area contributed by atoms with Crippen LogP contribution in [-0.4, -0.2) is 19.7 Å². The summed E-state index contributed by atoms with van der Waals surface area (Å²) in [5.74, 6) is 0. The van der Waals surface area contributed by atoms with Crippen LogP contribution in [0.3, 0.4) is 0 Å². The number of fused-ring (bicyclic) bond motifs is 7. The Morgan fingerprint density at radius 1 is 0.692 bits per heavy atom. The number of aromatic nitrogens is 4. The number of aromatic amines is 1. The molecule has 3 aromatic heterocycles. The number of nitrogens with zero attached hydrogens (tertiary/aromatic N) is 3. The molecule has 122 valence electrons. The molecule has 0 bridgehead atoms. The van der Waals surface area contributed by atoms with E-state index in [0.717, 1.165) is 33.3 Å².